The summed E-state index contributed by atoms with van der Waals surface area (Å²) in [5, 5.41) is 0. The average Bonchev–Trinajstić information content (AvgIpc) is 2.78. The van der Waals surface area contributed by atoms with Crippen molar-refractivity contribution < 1.29 is 17.9 Å². The fourth-order valence-corrected chi connectivity index (χ4v) is 4.18. The van der Waals surface area contributed by atoms with Crippen LogP contribution in [0.2, 0.25) is 0 Å². The second kappa shape index (κ2) is 5.65. The van der Waals surface area contributed by atoms with Gasteiger partial charge in [-0.2, -0.15) is 4.31 Å². The van der Waals surface area contributed by atoms with Crippen molar-refractivity contribution in [3.8, 4) is 0 Å². The molecule has 2 N–H and O–H groups in total. The second-order valence-electron chi connectivity index (χ2n) is 5.52. The van der Waals surface area contributed by atoms with E-state index in [1.807, 2.05) is 13.8 Å². The van der Waals surface area contributed by atoms with E-state index in [9.17, 15) is 13.2 Å². The third-order valence-corrected chi connectivity index (χ3v) is 5.91. The standard InChI is InChI=1S/C14H20N2O4S/c1-9-7-16(8-10(9)2)21(18,19)13-5-4-11(6-12(13)15)14(17)20-3/h4-6,9-10H,7-8,15H2,1-3H3. The first kappa shape index (κ1) is 15.8. The highest BCUT2D eigenvalue weighted by molar-refractivity contribution is 7.89. The highest BCUT2D eigenvalue weighted by atomic mass is 32.2. The Morgan fingerprint density at radius 2 is 1.86 bits per heavy atom. The summed E-state index contributed by atoms with van der Waals surface area (Å²) in [7, 11) is -2.37. The maximum atomic E-state index is 12.6. The molecule has 0 saturated carbocycles. The van der Waals surface area contributed by atoms with Gasteiger partial charge in [0, 0.05) is 13.1 Å². The fraction of sp³-hybridized carbons (Fsp3) is 0.500. The van der Waals surface area contributed by atoms with E-state index < -0.39 is 16.0 Å². The summed E-state index contributed by atoms with van der Waals surface area (Å²) in [5.41, 5.74) is 6.12. The van der Waals surface area contributed by atoms with E-state index in [0.717, 1.165) is 0 Å². The van der Waals surface area contributed by atoms with Crippen molar-refractivity contribution in [2.75, 3.05) is 25.9 Å². The quantitative estimate of drug-likeness (QED) is 0.672. The number of nitrogens with zero attached hydrogens (tertiary/aromatic N) is 1. The van der Waals surface area contributed by atoms with E-state index in [2.05, 4.69) is 4.74 Å². The molecular formula is C14H20N2O4S. The van der Waals surface area contributed by atoms with Gasteiger partial charge in [-0.25, -0.2) is 13.2 Å². The molecule has 1 aliphatic heterocycles. The number of rotatable bonds is 3. The van der Waals surface area contributed by atoms with Gasteiger partial charge in [0.2, 0.25) is 10.0 Å². The number of carbonyl (C=O) groups is 1. The minimum atomic E-state index is -3.63. The number of methoxy groups -OCH3 is 1. The lowest BCUT2D eigenvalue weighted by molar-refractivity contribution is 0.0600. The monoisotopic (exact) mass is 312 g/mol. The van der Waals surface area contributed by atoms with Gasteiger partial charge in [-0.3, -0.25) is 0 Å². The van der Waals surface area contributed by atoms with Gasteiger partial charge < -0.3 is 10.5 Å². The number of nitrogen functional groups attached to an aromatic ring is 1. The van der Waals surface area contributed by atoms with E-state index in [1.54, 1.807) is 0 Å². The van der Waals surface area contributed by atoms with Crippen LogP contribution in [0.1, 0.15) is 24.2 Å². The molecule has 1 heterocycles. The Morgan fingerprint density at radius 3 is 2.33 bits per heavy atom. The zero-order valence-electron chi connectivity index (χ0n) is 12.4. The Kier molecular flexibility index (Phi) is 4.25. The van der Waals surface area contributed by atoms with E-state index in [4.69, 9.17) is 5.73 Å². The molecule has 0 amide bonds. The van der Waals surface area contributed by atoms with Crippen LogP contribution in [-0.2, 0) is 14.8 Å². The summed E-state index contributed by atoms with van der Waals surface area (Å²) in [6.45, 7) is 5.04. The maximum absolute atomic E-state index is 12.6. The lowest BCUT2D eigenvalue weighted by Gasteiger charge is -2.17. The zero-order valence-corrected chi connectivity index (χ0v) is 13.2. The van der Waals surface area contributed by atoms with Crippen LogP contribution in [0.4, 0.5) is 5.69 Å². The lowest BCUT2D eigenvalue weighted by atomic mass is 10.0. The molecule has 21 heavy (non-hydrogen) atoms. The maximum Gasteiger partial charge on any atom is 0.337 e. The number of ether oxygens (including phenoxy) is 1. The molecule has 1 aromatic carbocycles. The largest absolute Gasteiger partial charge is 0.465 e. The van der Waals surface area contributed by atoms with Crippen LogP contribution in [0.5, 0.6) is 0 Å². The first-order chi connectivity index (χ1) is 9.77. The Hall–Kier alpha value is -1.60. The number of hydrogen-bond donors (Lipinski definition) is 1. The molecule has 1 aromatic rings. The van der Waals surface area contributed by atoms with E-state index in [1.165, 1.54) is 29.6 Å². The second-order valence-corrected chi connectivity index (χ2v) is 7.43. The molecular weight excluding hydrogens is 292 g/mol. The number of esters is 1. The molecule has 2 unspecified atom stereocenters. The lowest BCUT2D eigenvalue weighted by Crippen LogP contribution is -2.29. The highest BCUT2D eigenvalue weighted by Crippen LogP contribution is 2.30. The number of anilines is 1. The molecule has 2 rings (SSSR count). The van der Waals surface area contributed by atoms with E-state index in [-0.39, 0.29) is 16.1 Å². The molecule has 1 fully saturated rings. The molecule has 6 nitrogen and oxygen atoms in total. The normalized spacial score (nSPS) is 23.2. The Bertz CT molecular complexity index is 647. The number of benzene rings is 1. The molecule has 1 saturated heterocycles. The van der Waals surface area contributed by atoms with Crippen LogP contribution in [-0.4, -0.2) is 38.9 Å². The summed E-state index contributed by atoms with van der Waals surface area (Å²) >= 11 is 0. The van der Waals surface area contributed by atoms with Crippen molar-refractivity contribution in [3.05, 3.63) is 23.8 Å². The van der Waals surface area contributed by atoms with Crippen LogP contribution < -0.4 is 5.73 Å². The molecule has 116 valence electrons. The van der Waals surface area contributed by atoms with Crippen LogP contribution in [0, 0.1) is 11.8 Å². The van der Waals surface area contributed by atoms with Crippen molar-refractivity contribution in [3.63, 3.8) is 0 Å². The van der Waals surface area contributed by atoms with Crippen molar-refractivity contribution in [2.45, 2.75) is 18.7 Å². The molecule has 7 heteroatoms. The molecule has 0 radical (unpaired) electrons. The minimum absolute atomic E-state index is 0.0384. The van der Waals surface area contributed by atoms with Gasteiger partial charge in [0.15, 0.2) is 0 Å². The van der Waals surface area contributed by atoms with Crippen LogP contribution in [0.3, 0.4) is 0 Å². The smallest absolute Gasteiger partial charge is 0.337 e. The molecule has 2 atom stereocenters. The van der Waals surface area contributed by atoms with Crippen molar-refractivity contribution in [2.24, 2.45) is 11.8 Å². The number of hydrogen-bond acceptors (Lipinski definition) is 5. The Labute approximate surface area is 124 Å². The van der Waals surface area contributed by atoms with Crippen molar-refractivity contribution in [1.29, 1.82) is 0 Å². The van der Waals surface area contributed by atoms with Gasteiger partial charge in [-0.05, 0) is 30.0 Å². The summed E-state index contributed by atoms with van der Waals surface area (Å²) in [4.78, 5) is 11.5. The number of sulfonamides is 1. The van der Waals surface area contributed by atoms with Gasteiger partial charge in [0.05, 0.1) is 18.4 Å². The third kappa shape index (κ3) is 2.89. The molecule has 1 aliphatic rings. The van der Waals surface area contributed by atoms with Crippen molar-refractivity contribution >= 4 is 21.7 Å². The van der Waals surface area contributed by atoms with Gasteiger partial charge in [0.1, 0.15) is 4.90 Å². The predicted molar refractivity (Wildman–Crippen MR) is 79.3 cm³/mol. The van der Waals surface area contributed by atoms with Gasteiger partial charge in [-0.1, -0.05) is 13.8 Å². The van der Waals surface area contributed by atoms with Crippen molar-refractivity contribution in [1.82, 2.24) is 4.31 Å². The van der Waals surface area contributed by atoms with Crippen LogP contribution >= 0.6 is 0 Å². The SMILES string of the molecule is COC(=O)c1ccc(S(=O)(=O)N2CC(C)C(C)C2)c(N)c1. The van der Waals surface area contributed by atoms with E-state index >= 15 is 0 Å². The minimum Gasteiger partial charge on any atom is -0.465 e. The van der Waals surface area contributed by atoms with Gasteiger partial charge >= 0.3 is 5.97 Å². The highest BCUT2D eigenvalue weighted by Gasteiger charge is 2.35. The molecule has 0 aromatic heterocycles. The summed E-state index contributed by atoms with van der Waals surface area (Å²) in [5.74, 6) is 0.0831. The summed E-state index contributed by atoms with van der Waals surface area (Å²) in [6.07, 6.45) is 0. The number of nitrogens with two attached hydrogens (primary N) is 1. The molecule has 0 bridgehead atoms. The topological polar surface area (TPSA) is 89.7 Å². The Balaban J connectivity index is 2.35. The average molecular weight is 312 g/mol. The first-order valence-electron chi connectivity index (χ1n) is 6.75. The number of carbonyl (C=O) groups excluding carboxylic acids is 1. The van der Waals surface area contributed by atoms with Crippen LogP contribution in [0.25, 0.3) is 0 Å². The Morgan fingerprint density at radius 1 is 1.29 bits per heavy atom. The fourth-order valence-electron chi connectivity index (χ4n) is 2.44. The predicted octanol–water partition coefficient (Wildman–Crippen LogP) is 1.33. The summed E-state index contributed by atoms with van der Waals surface area (Å²) in [6, 6.07) is 4.12. The van der Waals surface area contributed by atoms with Gasteiger partial charge in [0.25, 0.3) is 0 Å². The van der Waals surface area contributed by atoms with Crippen LogP contribution in [0.15, 0.2) is 23.1 Å². The molecule has 0 aliphatic carbocycles. The summed E-state index contributed by atoms with van der Waals surface area (Å²) < 4.78 is 31.3. The third-order valence-electron chi connectivity index (χ3n) is 4.00. The van der Waals surface area contributed by atoms with E-state index in [0.29, 0.717) is 24.9 Å². The molecule has 0 spiro atoms. The zero-order chi connectivity index (χ0) is 15.8. The first-order valence-corrected chi connectivity index (χ1v) is 8.19. The van der Waals surface area contributed by atoms with Gasteiger partial charge in [-0.15, -0.1) is 0 Å².